The molecule has 0 unspecified atom stereocenters. The molecule has 2 heteroatoms. The van der Waals surface area contributed by atoms with Crippen molar-refractivity contribution in [1.29, 1.82) is 0 Å². The van der Waals surface area contributed by atoms with Gasteiger partial charge in [0.1, 0.15) is 5.75 Å². The van der Waals surface area contributed by atoms with E-state index in [1.165, 1.54) is 11.1 Å². The molecule has 0 amide bonds. The maximum absolute atomic E-state index is 5.83. The first-order valence-electron chi connectivity index (χ1n) is 6.58. The molecule has 0 saturated heterocycles. The lowest BCUT2D eigenvalue weighted by molar-refractivity contribution is 0.303. The minimum Gasteiger partial charge on any atom is -0.493 e. The molecule has 2 N–H and O–H groups in total. The monoisotopic (exact) mass is 235 g/mol. The molecule has 0 aliphatic heterocycles. The topological polar surface area (TPSA) is 35.2 Å². The summed E-state index contributed by atoms with van der Waals surface area (Å²) in [6, 6.07) is 6.49. The second kappa shape index (κ2) is 7.33. The van der Waals surface area contributed by atoms with Gasteiger partial charge in [0.15, 0.2) is 0 Å². The van der Waals surface area contributed by atoms with Crippen molar-refractivity contribution in [2.45, 2.75) is 46.0 Å². The van der Waals surface area contributed by atoms with E-state index in [-0.39, 0.29) is 0 Å². The molecule has 1 rings (SSSR count). The maximum atomic E-state index is 5.83. The van der Waals surface area contributed by atoms with Crippen LogP contribution in [0.5, 0.6) is 5.75 Å². The summed E-state index contributed by atoms with van der Waals surface area (Å²) in [5.74, 6) is 1.58. The van der Waals surface area contributed by atoms with Gasteiger partial charge in [-0.25, -0.2) is 0 Å². The van der Waals surface area contributed by atoms with Crippen LogP contribution in [0.15, 0.2) is 18.2 Å². The van der Waals surface area contributed by atoms with E-state index in [4.69, 9.17) is 10.5 Å². The Labute approximate surface area is 105 Å². The van der Waals surface area contributed by atoms with Crippen LogP contribution in [0.3, 0.4) is 0 Å². The average Bonchev–Trinajstić information content (AvgIpc) is 2.30. The first-order chi connectivity index (χ1) is 8.15. The molecule has 0 saturated carbocycles. The fraction of sp³-hybridized carbons (Fsp3) is 0.600. The van der Waals surface area contributed by atoms with Crippen LogP contribution in [0.4, 0.5) is 0 Å². The third-order valence-corrected chi connectivity index (χ3v) is 2.98. The van der Waals surface area contributed by atoms with E-state index in [0.717, 1.165) is 38.2 Å². The number of nitrogens with two attached hydrogens (primary N) is 1. The van der Waals surface area contributed by atoms with Crippen LogP contribution in [0, 0.1) is 6.92 Å². The Kier molecular flexibility index (Phi) is 6.06. The minimum atomic E-state index is 0.551. The second-order valence-corrected chi connectivity index (χ2v) is 4.88. The SMILES string of the molecule is Cc1ccc(C(C)C)cc1OCCCCCN. The van der Waals surface area contributed by atoms with E-state index >= 15 is 0 Å². The Hall–Kier alpha value is -1.02. The van der Waals surface area contributed by atoms with Crippen LogP contribution < -0.4 is 10.5 Å². The molecule has 0 spiro atoms. The Morgan fingerprint density at radius 1 is 1.18 bits per heavy atom. The summed E-state index contributed by atoms with van der Waals surface area (Å²) < 4.78 is 5.83. The van der Waals surface area contributed by atoms with Gasteiger partial charge in [-0.05, 0) is 55.8 Å². The first-order valence-corrected chi connectivity index (χ1v) is 6.58. The number of benzene rings is 1. The maximum Gasteiger partial charge on any atom is 0.122 e. The molecule has 0 aliphatic rings. The van der Waals surface area contributed by atoms with Crippen LogP contribution in [0.1, 0.15) is 50.2 Å². The second-order valence-electron chi connectivity index (χ2n) is 4.88. The predicted octanol–water partition coefficient (Wildman–Crippen LogP) is 3.63. The number of hydrogen-bond donors (Lipinski definition) is 1. The lowest BCUT2D eigenvalue weighted by atomic mass is 10.0. The number of hydrogen-bond acceptors (Lipinski definition) is 2. The summed E-state index contributed by atoms with van der Waals surface area (Å²) in [5.41, 5.74) is 8.01. The van der Waals surface area contributed by atoms with Crippen molar-refractivity contribution in [3.63, 3.8) is 0 Å². The van der Waals surface area contributed by atoms with Crippen molar-refractivity contribution < 1.29 is 4.74 Å². The molecular formula is C15H25NO. The zero-order chi connectivity index (χ0) is 12.7. The van der Waals surface area contributed by atoms with Crippen LogP contribution >= 0.6 is 0 Å². The van der Waals surface area contributed by atoms with Crippen LogP contribution in [0.2, 0.25) is 0 Å². The highest BCUT2D eigenvalue weighted by Gasteiger charge is 2.04. The Morgan fingerprint density at radius 3 is 2.59 bits per heavy atom. The average molecular weight is 235 g/mol. The molecule has 2 nitrogen and oxygen atoms in total. The molecule has 0 atom stereocenters. The van der Waals surface area contributed by atoms with E-state index in [9.17, 15) is 0 Å². The van der Waals surface area contributed by atoms with Gasteiger partial charge in [-0.3, -0.25) is 0 Å². The molecule has 0 heterocycles. The molecule has 0 fully saturated rings. The minimum absolute atomic E-state index is 0.551. The Bertz CT molecular complexity index is 334. The number of aryl methyl sites for hydroxylation is 1. The first kappa shape index (κ1) is 14.0. The zero-order valence-corrected chi connectivity index (χ0v) is 11.3. The highest BCUT2D eigenvalue weighted by molar-refractivity contribution is 5.37. The Morgan fingerprint density at radius 2 is 1.94 bits per heavy atom. The molecule has 0 aliphatic carbocycles. The molecule has 17 heavy (non-hydrogen) atoms. The van der Waals surface area contributed by atoms with E-state index < -0.39 is 0 Å². The molecule has 1 aromatic rings. The lowest BCUT2D eigenvalue weighted by Gasteiger charge is -2.12. The van der Waals surface area contributed by atoms with Gasteiger partial charge in [0.25, 0.3) is 0 Å². The van der Waals surface area contributed by atoms with Gasteiger partial charge in [-0.15, -0.1) is 0 Å². The molecule has 0 radical (unpaired) electrons. The normalized spacial score (nSPS) is 10.9. The van der Waals surface area contributed by atoms with Crippen molar-refractivity contribution in [3.05, 3.63) is 29.3 Å². The zero-order valence-electron chi connectivity index (χ0n) is 11.3. The fourth-order valence-corrected chi connectivity index (χ4v) is 1.74. The molecule has 0 bridgehead atoms. The highest BCUT2D eigenvalue weighted by Crippen LogP contribution is 2.24. The molecule has 96 valence electrons. The van der Waals surface area contributed by atoms with Crippen molar-refractivity contribution in [3.8, 4) is 5.75 Å². The number of ether oxygens (including phenoxy) is 1. The smallest absolute Gasteiger partial charge is 0.122 e. The van der Waals surface area contributed by atoms with E-state index in [0.29, 0.717) is 5.92 Å². The number of unbranched alkanes of at least 4 members (excludes halogenated alkanes) is 2. The van der Waals surface area contributed by atoms with Crippen molar-refractivity contribution >= 4 is 0 Å². The van der Waals surface area contributed by atoms with Crippen LogP contribution in [-0.2, 0) is 0 Å². The fourth-order valence-electron chi connectivity index (χ4n) is 1.74. The van der Waals surface area contributed by atoms with Gasteiger partial charge in [-0.1, -0.05) is 26.0 Å². The highest BCUT2D eigenvalue weighted by atomic mass is 16.5. The third-order valence-electron chi connectivity index (χ3n) is 2.98. The summed E-state index contributed by atoms with van der Waals surface area (Å²) >= 11 is 0. The van der Waals surface area contributed by atoms with Gasteiger partial charge >= 0.3 is 0 Å². The largest absolute Gasteiger partial charge is 0.493 e. The van der Waals surface area contributed by atoms with Crippen molar-refractivity contribution in [2.75, 3.05) is 13.2 Å². The summed E-state index contributed by atoms with van der Waals surface area (Å²) in [6.45, 7) is 8.08. The van der Waals surface area contributed by atoms with Gasteiger partial charge in [0.2, 0.25) is 0 Å². The lowest BCUT2D eigenvalue weighted by Crippen LogP contribution is -2.02. The van der Waals surface area contributed by atoms with Crippen molar-refractivity contribution in [1.82, 2.24) is 0 Å². The van der Waals surface area contributed by atoms with E-state index in [2.05, 4.69) is 39.0 Å². The van der Waals surface area contributed by atoms with Gasteiger partial charge in [0.05, 0.1) is 6.61 Å². The van der Waals surface area contributed by atoms with E-state index in [1.807, 2.05) is 0 Å². The van der Waals surface area contributed by atoms with Gasteiger partial charge in [0, 0.05) is 0 Å². The standard InChI is InChI=1S/C15H25NO/c1-12(2)14-8-7-13(3)15(11-14)17-10-6-4-5-9-16/h7-8,11-12H,4-6,9-10,16H2,1-3H3. The Balaban J connectivity index is 2.49. The van der Waals surface area contributed by atoms with Gasteiger partial charge < -0.3 is 10.5 Å². The molecule has 0 aromatic heterocycles. The summed E-state index contributed by atoms with van der Waals surface area (Å²) in [4.78, 5) is 0. The van der Waals surface area contributed by atoms with Crippen LogP contribution in [0.25, 0.3) is 0 Å². The number of rotatable bonds is 7. The molecule has 1 aromatic carbocycles. The third kappa shape index (κ3) is 4.78. The van der Waals surface area contributed by atoms with E-state index in [1.54, 1.807) is 0 Å². The predicted molar refractivity (Wildman–Crippen MR) is 73.7 cm³/mol. The summed E-state index contributed by atoms with van der Waals surface area (Å²) in [6.07, 6.45) is 3.33. The van der Waals surface area contributed by atoms with Crippen LogP contribution in [-0.4, -0.2) is 13.2 Å². The quantitative estimate of drug-likeness (QED) is 0.732. The van der Waals surface area contributed by atoms with Crippen molar-refractivity contribution in [2.24, 2.45) is 5.73 Å². The summed E-state index contributed by atoms with van der Waals surface area (Å²) in [7, 11) is 0. The summed E-state index contributed by atoms with van der Waals surface area (Å²) in [5, 5.41) is 0. The van der Waals surface area contributed by atoms with Gasteiger partial charge in [-0.2, -0.15) is 0 Å². The molecular weight excluding hydrogens is 210 g/mol.